The molecule has 2 heterocycles. The molecule has 2 aromatic heterocycles. The maximum absolute atomic E-state index is 13.8. The van der Waals surface area contributed by atoms with Crippen LogP contribution in [0.4, 0.5) is 4.39 Å². The molecule has 3 atom stereocenters. The number of aliphatic hydroxyl groups is 1. The fourth-order valence-electron chi connectivity index (χ4n) is 3.81. The van der Waals surface area contributed by atoms with E-state index in [1.165, 1.54) is 10.6 Å². The van der Waals surface area contributed by atoms with E-state index >= 15 is 0 Å². The van der Waals surface area contributed by atoms with Crippen LogP contribution in [0.1, 0.15) is 38.7 Å². The molecule has 0 amide bonds. The zero-order chi connectivity index (χ0) is 18.0. The summed E-state index contributed by atoms with van der Waals surface area (Å²) in [4.78, 5) is 0. The van der Waals surface area contributed by atoms with Crippen LogP contribution in [0.2, 0.25) is 0 Å². The van der Waals surface area contributed by atoms with Crippen molar-refractivity contribution < 1.29 is 13.9 Å². The number of nitrogens with zero attached hydrogens (tertiary/aromatic N) is 1. The summed E-state index contributed by atoms with van der Waals surface area (Å²) in [6.07, 6.45) is 11.6. The van der Waals surface area contributed by atoms with Gasteiger partial charge in [-0.25, -0.2) is 4.39 Å². The lowest BCUT2D eigenvalue weighted by Crippen LogP contribution is -2.08. The molecule has 2 aromatic rings. The quantitative estimate of drug-likeness (QED) is 0.605. The zero-order valence-electron chi connectivity index (χ0n) is 14.7. The van der Waals surface area contributed by atoms with Crippen molar-refractivity contribution in [2.45, 2.75) is 45.6 Å². The van der Waals surface area contributed by atoms with E-state index in [1.807, 2.05) is 12.3 Å². The van der Waals surface area contributed by atoms with Gasteiger partial charge in [0.15, 0.2) is 11.7 Å². The Balaban J connectivity index is 1.84. The molecule has 3 rings (SSSR count). The summed E-state index contributed by atoms with van der Waals surface area (Å²) in [7, 11) is 0. The van der Waals surface area contributed by atoms with Crippen LogP contribution >= 0.6 is 0 Å². The average molecular weight is 344 g/mol. The molecule has 1 aliphatic carbocycles. The third-order valence-electron chi connectivity index (χ3n) is 5.29. The number of furan rings is 1. The van der Waals surface area contributed by atoms with Gasteiger partial charge in [-0.3, -0.25) is 5.41 Å². The first-order valence-electron chi connectivity index (χ1n) is 8.82. The van der Waals surface area contributed by atoms with E-state index in [4.69, 9.17) is 9.83 Å². The number of hydrogen-bond donors (Lipinski definition) is 2. The van der Waals surface area contributed by atoms with Crippen LogP contribution in [0.5, 0.6) is 0 Å². The van der Waals surface area contributed by atoms with Gasteiger partial charge in [0.05, 0.1) is 18.6 Å². The smallest absolute Gasteiger partial charge is 0.165 e. The van der Waals surface area contributed by atoms with Crippen molar-refractivity contribution in [2.75, 3.05) is 0 Å². The molecular weight excluding hydrogens is 319 g/mol. The third-order valence-corrected chi connectivity index (χ3v) is 5.29. The molecule has 0 saturated heterocycles. The third kappa shape index (κ3) is 3.76. The van der Waals surface area contributed by atoms with Gasteiger partial charge in [0.1, 0.15) is 0 Å². The molecular formula is C20H25FN2O2. The first-order valence-corrected chi connectivity index (χ1v) is 8.82. The van der Waals surface area contributed by atoms with Gasteiger partial charge in [-0.1, -0.05) is 6.92 Å². The largest absolute Gasteiger partial charge is 0.472 e. The van der Waals surface area contributed by atoms with Crippen molar-refractivity contribution in [3.8, 4) is 11.1 Å². The Kier molecular flexibility index (Phi) is 5.23. The summed E-state index contributed by atoms with van der Waals surface area (Å²) in [6, 6.07) is 1.88. The Labute approximate surface area is 147 Å². The van der Waals surface area contributed by atoms with E-state index in [0.717, 1.165) is 42.4 Å². The molecule has 0 bridgehead atoms. The highest BCUT2D eigenvalue weighted by molar-refractivity contribution is 5.96. The number of aliphatic hydroxyl groups excluding tert-OH is 1. The second-order valence-electron chi connectivity index (χ2n) is 7.00. The predicted molar refractivity (Wildman–Crippen MR) is 96.3 cm³/mol. The van der Waals surface area contributed by atoms with Crippen LogP contribution in [0.25, 0.3) is 11.1 Å². The van der Waals surface area contributed by atoms with E-state index in [9.17, 15) is 9.50 Å². The van der Waals surface area contributed by atoms with Crippen molar-refractivity contribution >= 4 is 5.84 Å². The molecule has 0 aliphatic heterocycles. The van der Waals surface area contributed by atoms with Crippen molar-refractivity contribution in [3.05, 3.63) is 48.5 Å². The Morgan fingerprint density at radius 3 is 2.84 bits per heavy atom. The number of nitrogens with one attached hydrogen (secondary N) is 1. The van der Waals surface area contributed by atoms with Crippen molar-refractivity contribution in [1.29, 1.82) is 5.41 Å². The highest BCUT2D eigenvalue weighted by Gasteiger charge is 2.29. The standard InChI is InChI=1S/C20H25FN2O2/c1-3-19(21)20(22)23-10-15(18(11-23)16-6-7-25-12-16)5-4-14-9-17(24)8-13(14)2/h3,6-7,10-14,17,22,24H,4-5,8-9H2,1-2H3. The van der Waals surface area contributed by atoms with Crippen LogP contribution < -0.4 is 0 Å². The molecule has 25 heavy (non-hydrogen) atoms. The van der Waals surface area contributed by atoms with E-state index in [0.29, 0.717) is 11.8 Å². The highest BCUT2D eigenvalue weighted by Crippen LogP contribution is 2.36. The fourth-order valence-corrected chi connectivity index (χ4v) is 3.81. The minimum atomic E-state index is -0.548. The van der Waals surface area contributed by atoms with Gasteiger partial charge in [-0.15, -0.1) is 0 Å². The summed E-state index contributed by atoms with van der Waals surface area (Å²) in [6.45, 7) is 3.78. The lowest BCUT2D eigenvalue weighted by atomic mass is 9.91. The molecule has 5 heteroatoms. The Morgan fingerprint density at radius 2 is 2.24 bits per heavy atom. The normalized spacial score (nSPS) is 24.0. The molecule has 1 fully saturated rings. The van der Waals surface area contributed by atoms with Crippen LogP contribution in [-0.4, -0.2) is 21.6 Å². The molecule has 3 unspecified atom stereocenters. The predicted octanol–water partition coefficient (Wildman–Crippen LogP) is 4.79. The molecule has 0 radical (unpaired) electrons. The van der Waals surface area contributed by atoms with Gasteiger partial charge in [0.2, 0.25) is 0 Å². The summed E-state index contributed by atoms with van der Waals surface area (Å²) in [5.74, 6) is 0.312. The molecule has 1 aliphatic rings. The lowest BCUT2D eigenvalue weighted by Gasteiger charge is -2.14. The van der Waals surface area contributed by atoms with Gasteiger partial charge < -0.3 is 14.1 Å². The highest BCUT2D eigenvalue weighted by atomic mass is 19.1. The number of allylic oxidation sites excluding steroid dienone is 2. The number of halogens is 1. The molecule has 134 valence electrons. The van der Waals surface area contributed by atoms with Gasteiger partial charge in [0, 0.05) is 23.5 Å². The van der Waals surface area contributed by atoms with Gasteiger partial charge in [0.25, 0.3) is 0 Å². The second-order valence-corrected chi connectivity index (χ2v) is 7.00. The molecule has 1 saturated carbocycles. The van der Waals surface area contributed by atoms with Crippen molar-refractivity contribution in [3.63, 3.8) is 0 Å². The summed E-state index contributed by atoms with van der Waals surface area (Å²) >= 11 is 0. The molecule has 0 aromatic carbocycles. The topological polar surface area (TPSA) is 62.2 Å². The molecule has 2 N–H and O–H groups in total. The van der Waals surface area contributed by atoms with Crippen molar-refractivity contribution in [1.82, 2.24) is 4.57 Å². The number of aromatic nitrogens is 1. The summed E-state index contributed by atoms with van der Waals surface area (Å²) in [5.41, 5.74) is 2.97. The maximum atomic E-state index is 13.8. The number of rotatable bonds is 5. The number of hydrogen-bond acceptors (Lipinski definition) is 3. The minimum Gasteiger partial charge on any atom is -0.472 e. The van der Waals surface area contributed by atoms with E-state index in [-0.39, 0.29) is 11.9 Å². The first-order chi connectivity index (χ1) is 12.0. The fraction of sp³-hybridized carbons (Fsp3) is 0.450. The Bertz CT molecular complexity index is 761. The van der Waals surface area contributed by atoms with Gasteiger partial charge in [-0.2, -0.15) is 0 Å². The van der Waals surface area contributed by atoms with E-state index < -0.39 is 5.83 Å². The maximum Gasteiger partial charge on any atom is 0.165 e. The average Bonchev–Trinajstić information content (AvgIpc) is 3.31. The number of aryl methyl sites for hydroxylation is 1. The molecule has 4 nitrogen and oxygen atoms in total. The zero-order valence-corrected chi connectivity index (χ0v) is 14.7. The Hall–Kier alpha value is -2.14. The SMILES string of the molecule is CC=C(F)C(=N)n1cc(CCC2CC(O)CC2C)c(-c2ccoc2)c1. The van der Waals surface area contributed by atoms with Gasteiger partial charge in [-0.05, 0) is 62.1 Å². The second kappa shape index (κ2) is 7.40. The monoisotopic (exact) mass is 344 g/mol. The van der Waals surface area contributed by atoms with Crippen molar-refractivity contribution in [2.24, 2.45) is 11.8 Å². The first kappa shape index (κ1) is 17.7. The van der Waals surface area contributed by atoms with Crippen LogP contribution in [0, 0.1) is 17.2 Å². The van der Waals surface area contributed by atoms with Crippen LogP contribution in [0.15, 0.2) is 47.3 Å². The summed E-state index contributed by atoms with van der Waals surface area (Å²) in [5, 5.41) is 17.8. The van der Waals surface area contributed by atoms with E-state index in [2.05, 4.69) is 6.92 Å². The van der Waals surface area contributed by atoms with E-state index in [1.54, 1.807) is 25.6 Å². The molecule has 0 spiro atoms. The minimum absolute atomic E-state index is 0.164. The Morgan fingerprint density at radius 1 is 1.44 bits per heavy atom. The summed E-state index contributed by atoms with van der Waals surface area (Å²) < 4.78 is 20.5. The van der Waals surface area contributed by atoms with Crippen LogP contribution in [0.3, 0.4) is 0 Å². The van der Waals surface area contributed by atoms with Gasteiger partial charge >= 0.3 is 0 Å². The lowest BCUT2D eigenvalue weighted by molar-refractivity contribution is 0.175. The van der Waals surface area contributed by atoms with Crippen LogP contribution in [-0.2, 0) is 6.42 Å².